The maximum absolute atomic E-state index is 5.74. The van der Waals surface area contributed by atoms with Crippen molar-refractivity contribution in [3.8, 4) is 0 Å². The van der Waals surface area contributed by atoms with Crippen molar-refractivity contribution < 1.29 is 9.47 Å². The molecule has 0 radical (unpaired) electrons. The predicted molar refractivity (Wildman–Crippen MR) is 91.9 cm³/mol. The van der Waals surface area contributed by atoms with Crippen molar-refractivity contribution in [1.29, 1.82) is 0 Å². The van der Waals surface area contributed by atoms with Gasteiger partial charge in [0.05, 0.1) is 6.61 Å². The van der Waals surface area contributed by atoms with Gasteiger partial charge in [-0.1, -0.05) is 41.9 Å². The van der Waals surface area contributed by atoms with Crippen molar-refractivity contribution in [3.05, 3.63) is 34.3 Å². The van der Waals surface area contributed by atoms with Crippen LogP contribution in [0.4, 0.5) is 0 Å². The van der Waals surface area contributed by atoms with E-state index in [1.807, 2.05) is 0 Å². The molecule has 1 atom stereocenters. The van der Waals surface area contributed by atoms with Crippen molar-refractivity contribution in [2.24, 2.45) is 5.92 Å². The topological polar surface area (TPSA) is 30.5 Å². The quantitative estimate of drug-likeness (QED) is 0.610. The third-order valence-electron chi connectivity index (χ3n) is 3.28. The molecule has 0 bridgehead atoms. The van der Waals surface area contributed by atoms with Gasteiger partial charge in [-0.15, -0.1) is 0 Å². The summed E-state index contributed by atoms with van der Waals surface area (Å²) in [4.78, 5) is 0. The lowest BCUT2D eigenvalue weighted by Gasteiger charge is -2.19. The summed E-state index contributed by atoms with van der Waals surface area (Å²) in [5, 5.41) is 3.46. The van der Waals surface area contributed by atoms with Crippen LogP contribution in [-0.4, -0.2) is 40.0 Å². The summed E-state index contributed by atoms with van der Waals surface area (Å²) in [6, 6.07) is 8.59. The Labute approximate surface area is 137 Å². The van der Waals surface area contributed by atoms with Crippen LogP contribution in [0.3, 0.4) is 0 Å². The van der Waals surface area contributed by atoms with Gasteiger partial charge in [-0.05, 0) is 36.0 Å². The van der Waals surface area contributed by atoms with Crippen LogP contribution >= 0.6 is 15.9 Å². The standard InChI is InChI=1S/C17H28BrNO2/c1-14(2)13-21-10-8-16(12-19-9-11-20-3)15-4-6-17(18)7-5-15/h4-7,14,16,19H,8-13H2,1-3H3. The molecule has 3 nitrogen and oxygen atoms in total. The lowest BCUT2D eigenvalue weighted by atomic mass is 9.96. The van der Waals surface area contributed by atoms with Gasteiger partial charge in [0.15, 0.2) is 0 Å². The van der Waals surface area contributed by atoms with E-state index in [2.05, 4.69) is 59.4 Å². The normalized spacial score (nSPS) is 12.8. The van der Waals surface area contributed by atoms with E-state index in [-0.39, 0.29) is 0 Å². The highest BCUT2D eigenvalue weighted by Gasteiger charge is 2.11. The van der Waals surface area contributed by atoms with Gasteiger partial charge in [-0.2, -0.15) is 0 Å². The molecule has 0 aliphatic heterocycles. The number of benzene rings is 1. The lowest BCUT2D eigenvalue weighted by Crippen LogP contribution is -2.26. The molecule has 4 heteroatoms. The van der Waals surface area contributed by atoms with Crippen LogP contribution < -0.4 is 5.32 Å². The molecule has 1 aromatic carbocycles. The second-order valence-corrected chi connectivity index (χ2v) is 6.62. The molecule has 1 N–H and O–H groups in total. The van der Waals surface area contributed by atoms with Crippen LogP contribution in [0, 0.1) is 5.92 Å². The fourth-order valence-corrected chi connectivity index (χ4v) is 2.38. The molecule has 0 heterocycles. The molecule has 0 aliphatic rings. The number of hydrogen-bond donors (Lipinski definition) is 1. The first-order valence-corrected chi connectivity index (χ1v) is 8.45. The smallest absolute Gasteiger partial charge is 0.0587 e. The molecule has 0 aromatic heterocycles. The molecule has 120 valence electrons. The molecule has 0 amide bonds. The van der Waals surface area contributed by atoms with Crippen LogP contribution in [0.5, 0.6) is 0 Å². The van der Waals surface area contributed by atoms with E-state index in [0.29, 0.717) is 11.8 Å². The molecule has 1 unspecified atom stereocenters. The Morgan fingerprint density at radius 2 is 1.86 bits per heavy atom. The molecular formula is C17H28BrNO2. The Balaban J connectivity index is 2.46. The zero-order chi connectivity index (χ0) is 15.5. The van der Waals surface area contributed by atoms with Gasteiger partial charge < -0.3 is 14.8 Å². The highest BCUT2D eigenvalue weighted by molar-refractivity contribution is 9.10. The minimum absolute atomic E-state index is 0.474. The van der Waals surface area contributed by atoms with Gasteiger partial charge in [0.25, 0.3) is 0 Å². The summed E-state index contributed by atoms with van der Waals surface area (Å²) < 4.78 is 11.9. The fraction of sp³-hybridized carbons (Fsp3) is 0.647. The SMILES string of the molecule is COCCNCC(CCOCC(C)C)c1ccc(Br)cc1. The van der Waals surface area contributed by atoms with E-state index >= 15 is 0 Å². The van der Waals surface area contributed by atoms with Crippen molar-refractivity contribution >= 4 is 15.9 Å². The predicted octanol–water partition coefficient (Wildman–Crippen LogP) is 3.83. The summed E-state index contributed by atoms with van der Waals surface area (Å²) >= 11 is 3.49. The van der Waals surface area contributed by atoms with Crippen LogP contribution in [-0.2, 0) is 9.47 Å². The number of methoxy groups -OCH3 is 1. The highest BCUT2D eigenvalue weighted by Crippen LogP contribution is 2.21. The zero-order valence-electron chi connectivity index (χ0n) is 13.4. The average Bonchev–Trinajstić information content (AvgIpc) is 2.46. The molecule has 21 heavy (non-hydrogen) atoms. The largest absolute Gasteiger partial charge is 0.383 e. The van der Waals surface area contributed by atoms with E-state index in [1.165, 1.54) is 5.56 Å². The first-order valence-electron chi connectivity index (χ1n) is 7.66. The first kappa shape index (κ1) is 18.6. The Bertz CT molecular complexity index is 368. The van der Waals surface area contributed by atoms with Gasteiger partial charge in [-0.25, -0.2) is 0 Å². The summed E-state index contributed by atoms with van der Waals surface area (Å²) in [5.74, 6) is 1.07. The Hall–Kier alpha value is -0.420. The number of nitrogens with one attached hydrogen (secondary N) is 1. The monoisotopic (exact) mass is 357 g/mol. The Kier molecular flexibility index (Phi) is 9.92. The maximum atomic E-state index is 5.74. The van der Waals surface area contributed by atoms with Gasteiger partial charge in [0.2, 0.25) is 0 Å². The molecule has 0 aliphatic carbocycles. The molecule has 0 spiro atoms. The second-order valence-electron chi connectivity index (χ2n) is 5.70. The number of ether oxygens (including phenoxy) is 2. The Morgan fingerprint density at radius 3 is 2.48 bits per heavy atom. The average molecular weight is 358 g/mol. The van der Waals surface area contributed by atoms with Crippen molar-refractivity contribution in [2.75, 3.05) is 40.0 Å². The zero-order valence-corrected chi connectivity index (χ0v) is 15.0. The summed E-state index contributed by atoms with van der Waals surface area (Å²) in [5.41, 5.74) is 1.36. The molecule has 0 fully saturated rings. The van der Waals surface area contributed by atoms with Gasteiger partial charge in [0.1, 0.15) is 0 Å². The van der Waals surface area contributed by atoms with E-state index in [0.717, 1.165) is 43.8 Å². The molecule has 0 saturated heterocycles. The van der Waals surface area contributed by atoms with Crippen molar-refractivity contribution in [1.82, 2.24) is 5.32 Å². The summed E-state index contributed by atoms with van der Waals surface area (Å²) in [6.07, 6.45) is 1.04. The fourth-order valence-electron chi connectivity index (χ4n) is 2.12. The molecule has 1 aromatic rings. The van der Waals surface area contributed by atoms with Gasteiger partial charge in [0, 0.05) is 37.9 Å². The van der Waals surface area contributed by atoms with Crippen LogP contribution in [0.1, 0.15) is 31.7 Å². The third kappa shape index (κ3) is 8.57. The molecule has 0 saturated carbocycles. The maximum Gasteiger partial charge on any atom is 0.0587 e. The van der Waals surface area contributed by atoms with Gasteiger partial charge >= 0.3 is 0 Å². The van der Waals surface area contributed by atoms with Gasteiger partial charge in [-0.3, -0.25) is 0 Å². The van der Waals surface area contributed by atoms with Crippen LogP contribution in [0.15, 0.2) is 28.7 Å². The van der Waals surface area contributed by atoms with E-state index < -0.39 is 0 Å². The van der Waals surface area contributed by atoms with E-state index in [1.54, 1.807) is 7.11 Å². The minimum atomic E-state index is 0.474. The Morgan fingerprint density at radius 1 is 1.14 bits per heavy atom. The van der Waals surface area contributed by atoms with Crippen LogP contribution in [0.25, 0.3) is 0 Å². The van der Waals surface area contributed by atoms with Crippen molar-refractivity contribution in [2.45, 2.75) is 26.2 Å². The number of halogens is 1. The minimum Gasteiger partial charge on any atom is -0.383 e. The first-order chi connectivity index (χ1) is 10.1. The summed E-state index contributed by atoms with van der Waals surface area (Å²) in [7, 11) is 1.73. The molecule has 1 rings (SSSR count). The van der Waals surface area contributed by atoms with Crippen LogP contribution in [0.2, 0.25) is 0 Å². The number of rotatable bonds is 11. The lowest BCUT2D eigenvalue weighted by molar-refractivity contribution is 0.103. The number of hydrogen-bond acceptors (Lipinski definition) is 3. The highest BCUT2D eigenvalue weighted by atomic mass is 79.9. The second kappa shape index (κ2) is 11.2. The van der Waals surface area contributed by atoms with E-state index in [9.17, 15) is 0 Å². The van der Waals surface area contributed by atoms with Crippen molar-refractivity contribution in [3.63, 3.8) is 0 Å². The summed E-state index contributed by atoms with van der Waals surface area (Å²) in [6.45, 7) is 8.59. The van der Waals surface area contributed by atoms with E-state index in [4.69, 9.17) is 9.47 Å². The molecular weight excluding hydrogens is 330 g/mol. The third-order valence-corrected chi connectivity index (χ3v) is 3.81.